The van der Waals surface area contributed by atoms with Gasteiger partial charge < -0.3 is 4.74 Å². The summed E-state index contributed by atoms with van der Waals surface area (Å²) in [6.07, 6.45) is 1.83. The van der Waals surface area contributed by atoms with E-state index in [1.54, 1.807) is 24.4 Å². The molecule has 1 aromatic carbocycles. The van der Waals surface area contributed by atoms with Crippen molar-refractivity contribution in [2.45, 2.75) is 6.42 Å². The molecule has 0 aliphatic rings. The van der Waals surface area contributed by atoms with Gasteiger partial charge in [0.1, 0.15) is 0 Å². The molecule has 102 valence electrons. The zero-order valence-corrected chi connectivity index (χ0v) is 12.7. The molecular weight excluding hydrogens is 319 g/mol. The smallest absolute Gasteiger partial charge is 0.221 e. The van der Waals surface area contributed by atoms with Crippen LogP contribution in [0.4, 0.5) is 0 Å². The van der Waals surface area contributed by atoms with Crippen LogP contribution < -0.4 is 4.74 Å². The molecule has 2 aromatic rings. The van der Waals surface area contributed by atoms with Gasteiger partial charge in [-0.2, -0.15) is 5.26 Å². The number of nitriles is 1. The van der Waals surface area contributed by atoms with Crippen LogP contribution in [-0.4, -0.2) is 12.1 Å². The van der Waals surface area contributed by atoms with E-state index in [1.165, 1.54) is 7.11 Å². The highest BCUT2D eigenvalue weighted by Crippen LogP contribution is 2.39. The monoisotopic (exact) mass is 326 g/mol. The fraction of sp³-hybridized carbons (Fsp3) is 0.143. The molecule has 0 amide bonds. The van der Waals surface area contributed by atoms with Crippen molar-refractivity contribution in [1.82, 2.24) is 4.98 Å². The molecule has 3 nitrogen and oxygen atoms in total. The Morgan fingerprint density at radius 3 is 2.60 bits per heavy atom. The number of aromatic nitrogens is 1. The summed E-state index contributed by atoms with van der Waals surface area (Å²) in [6.45, 7) is 0. The molecule has 0 atom stereocenters. The first-order valence-corrected chi connectivity index (χ1v) is 6.75. The molecule has 0 unspecified atom stereocenters. The highest BCUT2D eigenvalue weighted by Gasteiger charge is 2.15. The molecule has 1 aromatic heterocycles. The van der Waals surface area contributed by atoms with Gasteiger partial charge in [-0.3, -0.25) is 0 Å². The molecule has 0 spiro atoms. The topological polar surface area (TPSA) is 45.9 Å². The maximum atomic E-state index is 8.77. The molecule has 0 radical (unpaired) electrons. The Morgan fingerprint density at radius 1 is 1.20 bits per heavy atom. The van der Waals surface area contributed by atoms with Crippen LogP contribution in [0.3, 0.4) is 0 Å². The van der Waals surface area contributed by atoms with Crippen LogP contribution in [0.25, 0.3) is 11.1 Å². The predicted molar refractivity (Wildman–Crippen MR) is 80.6 cm³/mol. The van der Waals surface area contributed by atoms with Gasteiger partial charge in [-0.25, -0.2) is 4.98 Å². The molecule has 1 heterocycles. The van der Waals surface area contributed by atoms with Gasteiger partial charge in [-0.15, -0.1) is 0 Å². The minimum Gasteiger partial charge on any atom is -0.481 e. The van der Waals surface area contributed by atoms with Crippen molar-refractivity contribution in [3.63, 3.8) is 0 Å². The number of hydrogen-bond donors (Lipinski definition) is 0. The lowest BCUT2D eigenvalue weighted by Crippen LogP contribution is -1.95. The van der Waals surface area contributed by atoms with E-state index in [-0.39, 0.29) is 6.42 Å². The van der Waals surface area contributed by atoms with Crippen molar-refractivity contribution in [2.75, 3.05) is 7.11 Å². The van der Waals surface area contributed by atoms with Gasteiger partial charge >= 0.3 is 0 Å². The van der Waals surface area contributed by atoms with E-state index in [2.05, 4.69) is 11.1 Å². The van der Waals surface area contributed by atoms with Crippen LogP contribution in [0.5, 0.6) is 5.88 Å². The molecule has 6 heteroatoms. The SMILES string of the molecule is COc1ncc(CC#N)cc1-c1cc(Cl)cc(Cl)c1Cl. The van der Waals surface area contributed by atoms with E-state index in [0.29, 0.717) is 32.1 Å². The lowest BCUT2D eigenvalue weighted by Gasteiger charge is -2.11. The number of methoxy groups -OCH3 is 1. The quantitative estimate of drug-likeness (QED) is 0.762. The van der Waals surface area contributed by atoms with E-state index in [4.69, 9.17) is 44.8 Å². The van der Waals surface area contributed by atoms with Crippen LogP contribution >= 0.6 is 34.8 Å². The summed E-state index contributed by atoms with van der Waals surface area (Å²) in [4.78, 5) is 4.17. The molecule has 0 aliphatic carbocycles. The highest BCUT2D eigenvalue weighted by molar-refractivity contribution is 6.45. The Bertz CT molecular complexity index is 696. The fourth-order valence-electron chi connectivity index (χ4n) is 1.79. The summed E-state index contributed by atoms with van der Waals surface area (Å²) >= 11 is 18.3. The Kier molecular flexibility index (Phi) is 4.72. The predicted octanol–water partition coefficient (Wildman–Crippen LogP) is 4.78. The molecule has 0 saturated heterocycles. The molecule has 2 rings (SSSR count). The van der Waals surface area contributed by atoms with Crippen LogP contribution in [-0.2, 0) is 6.42 Å². The molecule has 0 saturated carbocycles. The Hall–Kier alpha value is -1.47. The van der Waals surface area contributed by atoms with Crippen molar-refractivity contribution < 1.29 is 4.74 Å². The van der Waals surface area contributed by atoms with Gasteiger partial charge in [0.25, 0.3) is 0 Å². The number of benzene rings is 1. The maximum Gasteiger partial charge on any atom is 0.221 e. The zero-order valence-electron chi connectivity index (χ0n) is 10.5. The minimum atomic E-state index is 0.246. The standard InChI is InChI=1S/C14H9Cl3N2O/c1-20-14-11(4-8(2-3-18)7-19-14)10-5-9(15)6-12(16)13(10)17/h4-7H,2H2,1H3. The first kappa shape index (κ1) is 14.9. The van der Waals surface area contributed by atoms with Crippen LogP contribution in [0.15, 0.2) is 24.4 Å². The van der Waals surface area contributed by atoms with Crippen molar-refractivity contribution in [2.24, 2.45) is 0 Å². The Balaban J connectivity index is 2.67. The van der Waals surface area contributed by atoms with E-state index in [0.717, 1.165) is 5.56 Å². The van der Waals surface area contributed by atoms with Gasteiger partial charge in [0.15, 0.2) is 0 Å². The van der Waals surface area contributed by atoms with Gasteiger partial charge in [-0.1, -0.05) is 34.8 Å². The lowest BCUT2D eigenvalue weighted by molar-refractivity contribution is 0.399. The van der Waals surface area contributed by atoms with E-state index >= 15 is 0 Å². The summed E-state index contributed by atoms with van der Waals surface area (Å²) < 4.78 is 5.23. The molecule has 0 bridgehead atoms. The number of nitrogens with zero attached hydrogens (tertiary/aromatic N) is 2. The van der Waals surface area contributed by atoms with Crippen molar-refractivity contribution >= 4 is 34.8 Å². The molecule has 20 heavy (non-hydrogen) atoms. The van der Waals surface area contributed by atoms with Crippen LogP contribution in [0.2, 0.25) is 15.1 Å². The van der Waals surface area contributed by atoms with Crippen molar-refractivity contribution in [1.29, 1.82) is 5.26 Å². The number of ether oxygens (including phenoxy) is 1. The normalized spacial score (nSPS) is 10.2. The Morgan fingerprint density at radius 2 is 1.95 bits per heavy atom. The summed E-state index contributed by atoms with van der Waals surface area (Å²) in [7, 11) is 1.51. The molecule has 0 fully saturated rings. The van der Waals surface area contributed by atoms with Crippen LogP contribution in [0.1, 0.15) is 5.56 Å². The second-order valence-electron chi connectivity index (χ2n) is 3.98. The molecular formula is C14H9Cl3N2O. The molecule has 0 N–H and O–H groups in total. The fourth-order valence-corrected chi connectivity index (χ4v) is 2.50. The number of rotatable bonds is 3. The minimum absolute atomic E-state index is 0.246. The summed E-state index contributed by atoms with van der Waals surface area (Å²) in [5.41, 5.74) is 2.03. The van der Waals surface area contributed by atoms with E-state index in [1.807, 2.05) is 0 Å². The molecule has 0 aliphatic heterocycles. The van der Waals surface area contributed by atoms with Crippen molar-refractivity contribution in [3.8, 4) is 23.1 Å². The average Bonchev–Trinajstić information content (AvgIpc) is 2.43. The van der Waals surface area contributed by atoms with Gasteiger partial charge in [-0.05, 0) is 23.8 Å². The average molecular weight is 328 g/mol. The summed E-state index contributed by atoms with van der Waals surface area (Å²) in [5, 5.41) is 9.95. The number of hydrogen-bond acceptors (Lipinski definition) is 3. The maximum absolute atomic E-state index is 8.77. The second kappa shape index (κ2) is 6.32. The third kappa shape index (κ3) is 2.99. The van der Waals surface area contributed by atoms with Crippen molar-refractivity contribution in [3.05, 3.63) is 45.0 Å². The number of halogens is 3. The van der Waals surface area contributed by atoms with Gasteiger partial charge in [0.05, 0.1) is 29.6 Å². The largest absolute Gasteiger partial charge is 0.481 e. The third-order valence-electron chi connectivity index (χ3n) is 2.67. The first-order valence-electron chi connectivity index (χ1n) is 5.61. The number of pyridine rings is 1. The van der Waals surface area contributed by atoms with Gasteiger partial charge in [0, 0.05) is 22.3 Å². The summed E-state index contributed by atoms with van der Waals surface area (Å²) in [6, 6.07) is 7.12. The van der Waals surface area contributed by atoms with E-state index < -0.39 is 0 Å². The first-order chi connectivity index (χ1) is 9.56. The Labute approximate surface area is 131 Å². The zero-order chi connectivity index (χ0) is 14.7. The second-order valence-corrected chi connectivity index (χ2v) is 5.21. The lowest BCUT2D eigenvalue weighted by atomic mass is 10.0. The summed E-state index contributed by atoms with van der Waals surface area (Å²) in [5.74, 6) is 0.395. The van der Waals surface area contributed by atoms with E-state index in [9.17, 15) is 0 Å². The van der Waals surface area contributed by atoms with Gasteiger partial charge in [0.2, 0.25) is 5.88 Å². The highest BCUT2D eigenvalue weighted by atomic mass is 35.5. The van der Waals surface area contributed by atoms with Crippen LogP contribution in [0, 0.1) is 11.3 Å². The third-order valence-corrected chi connectivity index (χ3v) is 3.69.